The lowest BCUT2D eigenvalue weighted by Crippen LogP contribution is -2.42. The Labute approximate surface area is 99.6 Å². The Morgan fingerprint density at radius 1 is 1.19 bits per heavy atom. The van der Waals surface area contributed by atoms with E-state index in [9.17, 15) is 4.79 Å². The van der Waals surface area contributed by atoms with Gasteiger partial charge in [-0.15, -0.1) is 0 Å². The van der Waals surface area contributed by atoms with Crippen LogP contribution in [0.15, 0.2) is 0 Å². The number of nitrogens with one attached hydrogen (secondary N) is 1. The van der Waals surface area contributed by atoms with Crippen molar-refractivity contribution in [3.8, 4) is 0 Å². The summed E-state index contributed by atoms with van der Waals surface area (Å²) >= 11 is 0. The zero-order valence-electron chi connectivity index (χ0n) is 11.0. The molecule has 0 bridgehead atoms. The van der Waals surface area contributed by atoms with Crippen LogP contribution in [0, 0.1) is 11.8 Å². The van der Waals surface area contributed by atoms with Crippen LogP contribution in [0.1, 0.15) is 40.0 Å². The monoisotopic (exact) mass is 226 g/mol. The smallest absolute Gasteiger partial charge is 0.236 e. The molecule has 1 unspecified atom stereocenters. The highest BCUT2D eigenvalue weighted by atomic mass is 16.2. The van der Waals surface area contributed by atoms with Gasteiger partial charge in [-0.05, 0) is 37.6 Å². The molecule has 16 heavy (non-hydrogen) atoms. The van der Waals surface area contributed by atoms with Crippen LogP contribution in [0.5, 0.6) is 0 Å². The Balaban J connectivity index is 2.14. The number of carbonyl (C=O) groups excluding carboxylic acids is 1. The van der Waals surface area contributed by atoms with Crippen molar-refractivity contribution in [2.45, 2.75) is 40.0 Å². The quantitative estimate of drug-likeness (QED) is 0.776. The van der Waals surface area contributed by atoms with Gasteiger partial charge in [0.15, 0.2) is 0 Å². The molecular weight excluding hydrogens is 200 g/mol. The summed E-state index contributed by atoms with van der Waals surface area (Å²) in [5.74, 6) is 1.59. The van der Waals surface area contributed by atoms with E-state index in [1.54, 1.807) is 0 Å². The first-order valence-electron chi connectivity index (χ1n) is 6.59. The van der Waals surface area contributed by atoms with Crippen molar-refractivity contribution in [3.63, 3.8) is 0 Å². The van der Waals surface area contributed by atoms with Gasteiger partial charge in [0.1, 0.15) is 0 Å². The lowest BCUT2D eigenvalue weighted by molar-refractivity contribution is -0.131. The molecule has 94 valence electrons. The van der Waals surface area contributed by atoms with E-state index in [2.05, 4.69) is 26.1 Å². The lowest BCUT2D eigenvalue weighted by atomic mass is 9.98. The van der Waals surface area contributed by atoms with E-state index >= 15 is 0 Å². The molecule has 1 aliphatic heterocycles. The van der Waals surface area contributed by atoms with Crippen LogP contribution in [0.2, 0.25) is 0 Å². The largest absolute Gasteiger partial charge is 0.342 e. The Kier molecular flexibility index (Phi) is 5.81. The Morgan fingerprint density at radius 3 is 2.38 bits per heavy atom. The molecular formula is C13H26N2O. The first kappa shape index (κ1) is 13.5. The molecule has 1 amide bonds. The summed E-state index contributed by atoms with van der Waals surface area (Å²) in [6.07, 6.45) is 3.63. The van der Waals surface area contributed by atoms with Crippen LogP contribution >= 0.6 is 0 Å². The predicted octanol–water partition coefficient (Wildman–Crippen LogP) is 1.88. The van der Waals surface area contributed by atoms with Crippen LogP contribution < -0.4 is 5.32 Å². The third kappa shape index (κ3) is 4.52. The maximum absolute atomic E-state index is 11.8. The highest BCUT2D eigenvalue weighted by Gasteiger charge is 2.16. The van der Waals surface area contributed by atoms with E-state index < -0.39 is 0 Å². The SMILES string of the molecule is CC(C)C(C)CNCC(=O)N1CCCCC1. The number of rotatable bonds is 5. The van der Waals surface area contributed by atoms with Crippen molar-refractivity contribution in [2.75, 3.05) is 26.2 Å². The molecule has 1 heterocycles. The van der Waals surface area contributed by atoms with Gasteiger partial charge in [0.25, 0.3) is 0 Å². The number of carbonyl (C=O) groups is 1. The van der Waals surface area contributed by atoms with Crippen LogP contribution in [0.25, 0.3) is 0 Å². The van der Waals surface area contributed by atoms with Crippen LogP contribution in [-0.4, -0.2) is 37.0 Å². The maximum atomic E-state index is 11.8. The van der Waals surface area contributed by atoms with Crippen molar-refractivity contribution in [1.82, 2.24) is 10.2 Å². The van der Waals surface area contributed by atoms with Crippen LogP contribution in [-0.2, 0) is 4.79 Å². The van der Waals surface area contributed by atoms with Gasteiger partial charge in [0.2, 0.25) is 5.91 Å². The number of amides is 1. The molecule has 0 aliphatic carbocycles. The number of hydrogen-bond acceptors (Lipinski definition) is 2. The summed E-state index contributed by atoms with van der Waals surface area (Å²) in [6, 6.07) is 0. The summed E-state index contributed by atoms with van der Waals surface area (Å²) in [6.45, 7) is 10.0. The maximum Gasteiger partial charge on any atom is 0.236 e. The number of nitrogens with zero attached hydrogens (tertiary/aromatic N) is 1. The van der Waals surface area contributed by atoms with E-state index in [-0.39, 0.29) is 5.91 Å². The molecule has 1 fully saturated rings. The molecule has 0 spiro atoms. The molecule has 0 radical (unpaired) electrons. The minimum absolute atomic E-state index is 0.274. The summed E-state index contributed by atoms with van der Waals surface area (Å²) in [5.41, 5.74) is 0. The first-order chi connectivity index (χ1) is 7.61. The average Bonchev–Trinajstić information content (AvgIpc) is 2.29. The Bertz CT molecular complexity index is 210. The van der Waals surface area contributed by atoms with E-state index in [1.165, 1.54) is 19.3 Å². The van der Waals surface area contributed by atoms with Crippen molar-refractivity contribution in [3.05, 3.63) is 0 Å². The fourth-order valence-corrected chi connectivity index (χ4v) is 1.90. The third-order valence-corrected chi connectivity index (χ3v) is 3.59. The second-order valence-corrected chi connectivity index (χ2v) is 5.29. The van der Waals surface area contributed by atoms with E-state index in [0.717, 1.165) is 19.6 Å². The first-order valence-corrected chi connectivity index (χ1v) is 6.59. The van der Waals surface area contributed by atoms with Crippen molar-refractivity contribution in [2.24, 2.45) is 11.8 Å². The number of hydrogen-bond donors (Lipinski definition) is 1. The van der Waals surface area contributed by atoms with Gasteiger partial charge in [-0.25, -0.2) is 0 Å². The van der Waals surface area contributed by atoms with Crippen molar-refractivity contribution < 1.29 is 4.79 Å². The molecule has 1 N–H and O–H groups in total. The Morgan fingerprint density at radius 2 is 1.81 bits per heavy atom. The van der Waals surface area contributed by atoms with Crippen molar-refractivity contribution in [1.29, 1.82) is 0 Å². The fraction of sp³-hybridized carbons (Fsp3) is 0.923. The summed E-state index contributed by atoms with van der Waals surface area (Å²) in [4.78, 5) is 13.8. The average molecular weight is 226 g/mol. The minimum Gasteiger partial charge on any atom is -0.342 e. The Hall–Kier alpha value is -0.570. The standard InChI is InChI=1S/C13H26N2O/c1-11(2)12(3)9-14-10-13(16)15-7-5-4-6-8-15/h11-12,14H,4-10H2,1-3H3. The van der Waals surface area contributed by atoms with Crippen LogP contribution in [0.3, 0.4) is 0 Å². The molecule has 3 nitrogen and oxygen atoms in total. The van der Waals surface area contributed by atoms with Crippen molar-refractivity contribution >= 4 is 5.91 Å². The van der Waals surface area contributed by atoms with Gasteiger partial charge in [0, 0.05) is 13.1 Å². The molecule has 0 aromatic carbocycles. The third-order valence-electron chi connectivity index (χ3n) is 3.59. The zero-order valence-corrected chi connectivity index (χ0v) is 11.0. The fourth-order valence-electron chi connectivity index (χ4n) is 1.90. The number of piperidine rings is 1. The van der Waals surface area contributed by atoms with Gasteiger partial charge in [-0.3, -0.25) is 4.79 Å². The molecule has 0 aromatic heterocycles. The lowest BCUT2D eigenvalue weighted by Gasteiger charge is -2.27. The molecule has 3 heteroatoms. The molecule has 1 saturated heterocycles. The van der Waals surface area contributed by atoms with E-state index in [0.29, 0.717) is 18.4 Å². The van der Waals surface area contributed by atoms with E-state index in [1.807, 2.05) is 4.90 Å². The second kappa shape index (κ2) is 6.89. The second-order valence-electron chi connectivity index (χ2n) is 5.29. The number of likely N-dealkylation sites (tertiary alicyclic amines) is 1. The van der Waals surface area contributed by atoms with Gasteiger partial charge in [0.05, 0.1) is 6.54 Å². The molecule has 0 saturated carbocycles. The topological polar surface area (TPSA) is 32.3 Å². The van der Waals surface area contributed by atoms with Gasteiger partial charge in [-0.2, -0.15) is 0 Å². The minimum atomic E-state index is 0.274. The predicted molar refractivity (Wildman–Crippen MR) is 67.3 cm³/mol. The molecule has 0 aromatic rings. The summed E-state index contributed by atoms with van der Waals surface area (Å²) < 4.78 is 0. The highest BCUT2D eigenvalue weighted by Crippen LogP contribution is 2.09. The van der Waals surface area contributed by atoms with E-state index in [4.69, 9.17) is 0 Å². The highest BCUT2D eigenvalue weighted by molar-refractivity contribution is 5.78. The molecule has 1 rings (SSSR count). The van der Waals surface area contributed by atoms with Gasteiger partial charge >= 0.3 is 0 Å². The normalized spacial score (nSPS) is 18.9. The zero-order chi connectivity index (χ0) is 12.0. The molecule has 1 atom stereocenters. The molecule has 1 aliphatic rings. The van der Waals surface area contributed by atoms with Gasteiger partial charge < -0.3 is 10.2 Å². The summed E-state index contributed by atoms with van der Waals surface area (Å²) in [7, 11) is 0. The van der Waals surface area contributed by atoms with Gasteiger partial charge in [-0.1, -0.05) is 20.8 Å². The summed E-state index contributed by atoms with van der Waals surface area (Å²) in [5, 5.41) is 3.27. The van der Waals surface area contributed by atoms with Crippen LogP contribution in [0.4, 0.5) is 0 Å².